The Bertz CT molecular complexity index is 1030. The third kappa shape index (κ3) is 5.75. The van der Waals surface area contributed by atoms with Crippen molar-refractivity contribution in [1.29, 1.82) is 0 Å². The predicted octanol–water partition coefficient (Wildman–Crippen LogP) is 2.94. The molecular weight excluding hydrogens is 373 g/mol. The predicted molar refractivity (Wildman–Crippen MR) is 108 cm³/mol. The lowest BCUT2D eigenvalue weighted by Crippen LogP contribution is -2.31. The first-order valence-corrected chi connectivity index (χ1v) is 9.32. The number of nitrogens with zero attached hydrogens (tertiary/aromatic N) is 2. The van der Waals surface area contributed by atoms with Crippen LogP contribution in [0.15, 0.2) is 65.5 Å². The average Bonchev–Trinajstić information content (AvgIpc) is 2.72. The molecule has 3 aromatic rings. The van der Waals surface area contributed by atoms with Gasteiger partial charge >= 0.3 is 0 Å². The van der Waals surface area contributed by atoms with Crippen molar-refractivity contribution < 1.29 is 13.9 Å². The van der Waals surface area contributed by atoms with Crippen molar-refractivity contribution in [2.75, 3.05) is 13.2 Å². The van der Waals surface area contributed by atoms with Crippen LogP contribution in [0, 0.1) is 12.7 Å². The summed E-state index contributed by atoms with van der Waals surface area (Å²) in [5.41, 5.74) is 2.60. The van der Waals surface area contributed by atoms with E-state index in [4.69, 9.17) is 4.74 Å². The fourth-order valence-corrected chi connectivity index (χ4v) is 2.70. The summed E-state index contributed by atoms with van der Waals surface area (Å²) in [4.78, 5) is 23.9. The topological polar surface area (TPSA) is 73.2 Å². The number of carbonyl (C=O) groups is 1. The monoisotopic (exact) mass is 395 g/mol. The van der Waals surface area contributed by atoms with Crippen molar-refractivity contribution in [3.63, 3.8) is 0 Å². The molecule has 0 spiro atoms. The van der Waals surface area contributed by atoms with E-state index in [1.165, 1.54) is 22.9 Å². The molecular formula is C22H22FN3O3. The lowest BCUT2D eigenvalue weighted by Gasteiger charge is -2.09. The molecule has 0 saturated heterocycles. The van der Waals surface area contributed by atoms with E-state index in [2.05, 4.69) is 10.4 Å². The molecule has 0 aliphatic carbocycles. The highest BCUT2D eigenvalue weighted by atomic mass is 19.1. The number of nitrogens with one attached hydrogen (secondary N) is 1. The maximum Gasteiger partial charge on any atom is 0.266 e. The van der Waals surface area contributed by atoms with Crippen LogP contribution in [-0.2, 0) is 11.3 Å². The first-order valence-electron chi connectivity index (χ1n) is 9.32. The molecule has 0 aliphatic heterocycles. The number of rotatable bonds is 8. The van der Waals surface area contributed by atoms with Gasteiger partial charge in [0.15, 0.2) is 18.2 Å². The van der Waals surface area contributed by atoms with Gasteiger partial charge in [-0.25, -0.2) is 9.07 Å². The summed E-state index contributed by atoms with van der Waals surface area (Å²) in [6.45, 7) is 2.45. The van der Waals surface area contributed by atoms with Gasteiger partial charge in [0, 0.05) is 24.7 Å². The Morgan fingerprint density at radius 3 is 2.62 bits per heavy atom. The fourth-order valence-electron chi connectivity index (χ4n) is 2.70. The van der Waals surface area contributed by atoms with E-state index in [1.54, 1.807) is 18.2 Å². The Balaban J connectivity index is 1.48. The molecule has 6 nitrogen and oxygen atoms in total. The molecule has 3 rings (SSSR count). The number of para-hydroxylation sites is 1. The first-order chi connectivity index (χ1) is 14.0. The number of carbonyl (C=O) groups excluding carboxylic acids is 1. The van der Waals surface area contributed by atoms with Crippen LogP contribution in [0.5, 0.6) is 5.75 Å². The van der Waals surface area contributed by atoms with Crippen molar-refractivity contribution in [2.45, 2.75) is 19.9 Å². The van der Waals surface area contributed by atoms with Gasteiger partial charge < -0.3 is 10.1 Å². The lowest BCUT2D eigenvalue weighted by molar-refractivity contribution is -0.123. The maximum atomic E-state index is 13.5. The van der Waals surface area contributed by atoms with Gasteiger partial charge in [0.2, 0.25) is 0 Å². The smallest absolute Gasteiger partial charge is 0.266 e. The van der Waals surface area contributed by atoms with Crippen molar-refractivity contribution >= 4 is 5.91 Å². The second-order valence-electron chi connectivity index (χ2n) is 6.57. The summed E-state index contributed by atoms with van der Waals surface area (Å²) in [7, 11) is 0. The first kappa shape index (κ1) is 20.3. The SMILES string of the molecule is Cc1ccc(-c2ccc(=O)n(CCCNC(=O)COc3ccccc3F)n2)cc1. The fraction of sp³-hybridized carbons (Fsp3) is 0.227. The molecule has 7 heteroatoms. The molecule has 0 fully saturated rings. The van der Waals surface area contributed by atoms with Crippen LogP contribution in [0.3, 0.4) is 0 Å². The standard InChI is InChI=1S/C22H22FN3O3/c1-16-7-9-17(10-8-16)19-11-12-22(28)26(25-19)14-4-13-24-21(27)15-29-20-6-3-2-5-18(20)23/h2-3,5-12H,4,13-15H2,1H3,(H,24,27). The second kappa shape index (κ2) is 9.64. The van der Waals surface area contributed by atoms with Gasteiger partial charge in [0.05, 0.1) is 5.69 Å². The molecule has 0 saturated carbocycles. The van der Waals surface area contributed by atoms with Crippen LogP contribution in [-0.4, -0.2) is 28.8 Å². The lowest BCUT2D eigenvalue weighted by atomic mass is 10.1. The van der Waals surface area contributed by atoms with Crippen LogP contribution >= 0.6 is 0 Å². The van der Waals surface area contributed by atoms with Crippen LogP contribution in [0.25, 0.3) is 11.3 Å². The molecule has 1 N–H and O–H groups in total. The van der Waals surface area contributed by atoms with E-state index in [9.17, 15) is 14.0 Å². The van der Waals surface area contributed by atoms with Crippen LogP contribution < -0.4 is 15.6 Å². The van der Waals surface area contributed by atoms with Gasteiger partial charge in [-0.1, -0.05) is 42.0 Å². The zero-order valence-corrected chi connectivity index (χ0v) is 16.1. The molecule has 2 aromatic carbocycles. The number of aromatic nitrogens is 2. The molecule has 0 aliphatic rings. The van der Waals surface area contributed by atoms with Crippen molar-refractivity contribution in [3.05, 3.63) is 82.4 Å². The Kier molecular flexibility index (Phi) is 6.73. The van der Waals surface area contributed by atoms with Gasteiger partial charge in [-0.2, -0.15) is 5.10 Å². The molecule has 1 amide bonds. The van der Waals surface area contributed by atoms with E-state index in [1.807, 2.05) is 31.2 Å². The Hall–Kier alpha value is -3.48. The second-order valence-corrected chi connectivity index (χ2v) is 6.57. The van der Waals surface area contributed by atoms with E-state index < -0.39 is 5.82 Å². The van der Waals surface area contributed by atoms with E-state index in [-0.39, 0.29) is 23.8 Å². The Labute approximate surface area is 168 Å². The van der Waals surface area contributed by atoms with Gasteiger partial charge in [-0.15, -0.1) is 0 Å². The maximum absolute atomic E-state index is 13.5. The molecule has 0 atom stereocenters. The third-order valence-corrected chi connectivity index (χ3v) is 4.28. The van der Waals surface area contributed by atoms with Crippen LogP contribution in [0.2, 0.25) is 0 Å². The van der Waals surface area contributed by atoms with Gasteiger partial charge in [-0.3, -0.25) is 9.59 Å². The Morgan fingerprint density at radius 2 is 1.86 bits per heavy atom. The third-order valence-electron chi connectivity index (χ3n) is 4.28. The van der Waals surface area contributed by atoms with Crippen LogP contribution in [0.1, 0.15) is 12.0 Å². The number of ether oxygens (including phenoxy) is 1. The summed E-state index contributed by atoms with van der Waals surface area (Å²) in [6.07, 6.45) is 0.524. The minimum Gasteiger partial charge on any atom is -0.481 e. The molecule has 1 aromatic heterocycles. The number of aryl methyl sites for hydroxylation is 2. The normalized spacial score (nSPS) is 10.6. The zero-order valence-electron chi connectivity index (χ0n) is 16.1. The number of halogens is 1. The average molecular weight is 395 g/mol. The number of amides is 1. The van der Waals surface area contributed by atoms with E-state index >= 15 is 0 Å². The highest BCUT2D eigenvalue weighted by Crippen LogP contribution is 2.16. The zero-order chi connectivity index (χ0) is 20.6. The molecule has 0 radical (unpaired) electrons. The largest absolute Gasteiger partial charge is 0.481 e. The summed E-state index contributed by atoms with van der Waals surface area (Å²) in [5.74, 6) is -0.840. The minimum atomic E-state index is -0.515. The number of hydrogen-bond donors (Lipinski definition) is 1. The van der Waals surface area contributed by atoms with Crippen molar-refractivity contribution in [3.8, 4) is 17.0 Å². The van der Waals surface area contributed by atoms with E-state index in [0.717, 1.165) is 11.1 Å². The molecule has 1 heterocycles. The summed E-state index contributed by atoms with van der Waals surface area (Å²) < 4.78 is 20.0. The molecule has 150 valence electrons. The van der Waals surface area contributed by atoms with Crippen molar-refractivity contribution in [1.82, 2.24) is 15.1 Å². The summed E-state index contributed by atoms with van der Waals surface area (Å²) in [5, 5.41) is 7.08. The Morgan fingerprint density at radius 1 is 1.10 bits per heavy atom. The van der Waals surface area contributed by atoms with Gasteiger partial charge in [-0.05, 0) is 31.5 Å². The minimum absolute atomic E-state index is 0.0336. The molecule has 0 unspecified atom stereocenters. The summed E-state index contributed by atoms with van der Waals surface area (Å²) >= 11 is 0. The number of hydrogen-bond acceptors (Lipinski definition) is 4. The van der Waals surface area contributed by atoms with Crippen LogP contribution in [0.4, 0.5) is 4.39 Å². The van der Waals surface area contributed by atoms with E-state index in [0.29, 0.717) is 25.2 Å². The van der Waals surface area contributed by atoms with Gasteiger partial charge in [0.1, 0.15) is 0 Å². The highest BCUT2D eigenvalue weighted by Gasteiger charge is 2.07. The summed E-state index contributed by atoms with van der Waals surface area (Å²) in [6, 6.07) is 17.0. The molecule has 0 bridgehead atoms. The number of benzene rings is 2. The van der Waals surface area contributed by atoms with Crippen molar-refractivity contribution in [2.24, 2.45) is 0 Å². The molecule has 29 heavy (non-hydrogen) atoms. The highest BCUT2D eigenvalue weighted by molar-refractivity contribution is 5.77. The van der Waals surface area contributed by atoms with Gasteiger partial charge in [0.25, 0.3) is 11.5 Å². The quantitative estimate of drug-likeness (QED) is 0.595.